The van der Waals surface area contributed by atoms with Crippen molar-refractivity contribution in [1.82, 2.24) is 9.97 Å². The molecule has 0 amide bonds. The van der Waals surface area contributed by atoms with E-state index in [2.05, 4.69) is 16.5 Å². The van der Waals surface area contributed by atoms with Crippen LogP contribution in [0.3, 0.4) is 0 Å². The smallest absolute Gasteiger partial charge is 0.256 e. The summed E-state index contributed by atoms with van der Waals surface area (Å²) in [5.41, 5.74) is 1.09. The minimum Gasteiger partial charge on any atom is -0.491 e. The molecule has 0 aliphatic heterocycles. The first kappa shape index (κ1) is 17.1. The molecule has 2 unspecified atom stereocenters. The van der Waals surface area contributed by atoms with E-state index in [4.69, 9.17) is 18.9 Å². The van der Waals surface area contributed by atoms with E-state index in [1.54, 1.807) is 26.6 Å². The molecule has 0 bridgehead atoms. The van der Waals surface area contributed by atoms with Crippen molar-refractivity contribution in [3.63, 3.8) is 0 Å². The predicted octanol–water partition coefficient (Wildman–Crippen LogP) is 3.73. The van der Waals surface area contributed by atoms with Crippen molar-refractivity contribution in [3.05, 3.63) is 49.1 Å². The molecular formula is C19H22N2O4. The van der Waals surface area contributed by atoms with Crippen LogP contribution in [0.4, 0.5) is 0 Å². The molecule has 25 heavy (non-hydrogen) atoms. The number of methoxy groups -OCH3 is 2. The Kier molecular flexibility index (Phi) is 5.38. The second kappa shape index (κ2) is 7.88. The molecule has 1 saturated carbocycles. The van der Waals surface area contributed by atoms with E-state index in [9.17, 15) is 0 Å². The van der Waals surface area contributed by atoms with Gasteiger partial charge in [0, 0.05) is 18.2 Å². The van der Waals surface area contributed by atoms with Crippen LogP contribution in [0, 0.1) is 0 Å². The molecule has 132 valence electrons. The lowest BCUT2D eigenvalue weighted by atomic mass is 9.97. The van der Waals surface area contributed by atoms with Gasteiger partial charge in [-0.2, -0.15) is 0 Å². The van der Waals surface area contributed by atoms with Crippen LogP contribution in [0.15, 0.2) is 43.6 Å². The maximum Gasteiger partial charge on any atom is 0.256 e. The fourth-order valence-corrected chi connectivity index (χ4v) is 3.20. The highest BCUT2D eigenvalue weighted by Crippen LogP contribution is 2.39. The number of aromatic nitrogens is 2. The van der Waals surface area contributed by atoms with E-state index in [0.29, 0.717) is 23.1 Å². The molecule has 2 atom stereocenters. The van der Waals surface area contributed by atoms with Crippen LogP contribution in [-0.2, 0) is 0 Å². The van der Waals surface area contributed by atoms with E-state index in [1.165, 1.54) is 6.26 Å². The molecule has 1 aliphatic carbocycles. The van der Waals surface area contributed by atoms with Gasteiger partial charge in [0.05, 0.1) is 32.9 Å². The van der Waals surface area contributed by atoms with Gasteiger partial charge in [-0.15, -0.1) is 0 Å². The Morgan fingerprint density at radius 1 is 1.08 bits per heavy atom. The molecule has 0 saturated heterocycles. The third-order valence-corrected chi connectivity index (χ3v) is 4.33. The normalized spacial score (nSPS) is 19.3. The van der Waals surface area contributed by atoms with Crippen molar-refractivity contribution >= 4 is 0 Å². The standard InChI is InChI=1S/C19H22N2O4/c1-4-24-14-9-15(12-20-11-14)25-17-7-5-6-16(17)13-8-18(22-2)19(23-3)21-10-13/h4,8-12,16-17H,1,5-7H2,2-3H3. The molecule has 6 heteroatoms. The van der Waals surface area contributed by atoms with Crippen LogP contribution >= 0.6 is 0 Å². The average Bonchev–Trinajstić information content (AvgIpc) is 3.09. The zero-order valence-electron chi connectivity index (χ0n) is 14.5. The monoisotopic (exact) mass is 342 g/mol. The van der Waals surface area contributed by atoms with Gasteiger partial charge in [0.1, 0.15) is 17.6 Å². The van der Waals surface area contributed by atoms with E-state index in [1.807, 2.05) is 18.3 Å². The minimum atomic E-state index is 0.0562. The summed E-state index contributed by atoms with van der Waals surface area (Å²) in [6.45, 7) is 3.55. The van der Waals surface area contributed by atoms with Crippen molar-refractivity contribution in [2.24, 2.45) is 0 Å². The van der Waals surface area contributed by atoms with Gasteiger partial charge in [-0.1, -0.05) is 6.58 Å². The molecule has 1 fully saturated rings. The summed E-state index contributed by atoms with van der Waals surface area (Å²) in [7, 11) is 3.19. The molecule has 0 spiro atoms. The van der Waals surface area contributed by atoms with Gasteiger partial charge in [0.2, 0.25) is 0 Å². The average molecular weight is 342 g/mol. The maximum absolute atomic E-state index is 6.18. The highest BCUT2D eigenvalue weighted by Gasteiger charge is 2.31. The Balaban J connectivity index is 1.78. The summed E-state index contributed by atoms with van der Waals surface area (Å²) in [6.07, 6.45) is 9.69. The van der Waals surface area contributed by atoms with E-state index in [-0.39, 0.29) is 12.0 Å². The van der Waals surface area contributed by atoms with Crippen LogP contribution in [0.5, 0.6) is 23.1 Å². The van der Waals surface area contributed by atoms with Gasteiger partial charge < -0.3 is 18.9 Å². The molecule has 6 nitrogen and oxygen atoms in total. The Morgan fingerprint density at radius 2 is 1.92 bits per heavy atom. The predicted molar refractivity (Wildman–Crippen MR) is 93.4 cm³/mol. The fraction of sp³-hybridized carbons (Fsp3) is 0.368. The summed E-state index contributed by atoms with van der Waals surface area (Å²) in [6, 6.07) is 3.80. The Hall–Kier alpha value is -2.76. The topological polar surface area (TPSA) is 62.7 Å². The van der Waals surface area contributed by atoms with Crippen molar-refractivity contribution in [1.29, 1.82) is 0 Å². The first-order chi connectivity index (χ1) is 12.2. The van der Waals surface area contributed by atoms with Gasteiger partial charge >= 0.3 is 0 Å². The Morgan fingerprint density at radius 3 is 2.68 bits per heavy atom. The minimum absolute atomic E-state index is 0.0562. The summed E-state index contributed by atoms with van der Waals surface area (Å²) < 4.78 is 22.0. The van der Waals surface area contributed by atoms with Gasteiger partial charge in [-0.05, 0) is 30.9 Å². The zero-order chi connectivity index (χ0) is 17.6. The molecule has 3 rings (SSSR count). The molecule has 0 N–H and O–H groups in total. The Labute approximate surface area is 147 Å². The van der Waals surface area contributed by atoms with Gasteiger partial charge in [-0.25, -0.2) is 4.98 Å². The van der Waals surface area contributed by atoms with Crippen LogP contribution < -0.4 is 18.9 Å². The lowest BCUT2D eigenvalue weighted by Gasteiger charge is -2.22. The number of rotatable bonds is 7. The summed E-state index contributed by atoms with van der Waals surface area (Å²) >= 11 is 0. The van der Waals surface area contributed by atoms with Crippen LogP contribution in [-0.4, -0.2) is 30.3 Å². The second-order valence-corrected chi connectivity index (χ2v) is 5.81. The van der Waals surface area contributed by atoms with Gasteiger partial charge in [0.25, 0.3) is 5.88 Å². The third-order valence-electron chi connectivity index (χ3n) is 4.33. The van der Waals surface area contributed by atoms with Crippen molar-refractivity contribution in [2.75, 3.05) is 14.2 Å². The van der Waals surface area contributed by atoms with Crippen LogP contribution in [0.25, 0.3) is 0 Å². The number of pyridine rings is 2. The zero-order valence-corrected chi connectivity index (χ0v) is 14.5. The molecular weight excluding hydrogens is 320 g/mol. The van der Waals surface area contributed by atoms with Crippen LogP contribution in [0.2, 0.25) is 0 Å². The van der Waals surface area contributed by atoms with Gasteiger partial charge in [-0.3, -0.25) is 4.98 Å². The third kappa shape index (κ3) is 3.84. The second-order valence-electron chi connectivity index (χ2n) is 5.81. The lowest BCUT2D eigenvalue weighted by Crippen LogP contribution is -2.20. The largest absolute Gasteiger partial charge is 0.491 e. The van der Waals surface area contributed by atoms with E-state index >= 15 is 0 Å². The SMILES string of the molecule is C=COc1cncc(OC2CCCC2c2cnc(OC)c(OC)c2)c1. The molecule has 2 heterocycles. The van der Waals surface area contributed by atoms with E-state index in [0.717, 1.165) is 24.8 Å². The highest BCUT2D eigenvalue weighted by atomic mass is 16.5. The fourth-order valence-electron chi connectivity index (χ4n) is 3.20. The summed E-state index contributed by atoms with van der Waals surface area (Å²) in [5, 5.41) is 0. The molecule has 2 aromatic heterocycles. The van der Waals surface area contributed by atoms with E-state index < -0.39 is 0 Å². The maximum atomic E-state index is 6.18. The Bertz CT molecular complexity index is 735. The molecule has 0 radical (unpaired) electrons. The number of ether oxygens (including phenoxy) is 4. The first-order valence-electron chi connectivity index (χ1n) is 8.22. The quantitative estimate of drug-likeness (QED) is 0.715. The summed E-state index contributed by atoms with van der Waals surface area (Å²) in [4.78, 5) is 8.49. The number of nitrogens with zero attached hydrogens (tertiary/aromatic N) is 2. The van der Waals surface area contributed by atoms with Gasteiger partial charge in [0.15, 0.2) is 5.75 Å². The van der Waals surface area contributed by atoms with Crippen molar-refractivity contribution in [2.45, 2.75) is 31.3 Å². The van der Waals surface area contributed by atoms with Crippen molar-refractivity contribution < 1.29 is 18.9 Å². The number of hydrogen-bond donors (Lipinski definition) is 0. The summed E-state index contributed by atoms with van der Waals surface area (Å²) in [5.74, 6) is 2.66. The first-order valence-corrected chi connectivity index (χ1v) is 8.22. The van der Waals surface area contributed by atoms with Crippen molar-refractivity contribution in [3.8, 4) is 23.1 Å². The molecule has 2 aromatic rings. The lowest BCUT2D eigenvalue weighted by molar-refractivity contribution is 0.188. The molecule has 0 aromatic carbocycles. The molecule has 1 aliphatic rings. The van der Waals surface area contributed by atoms with Crippen LogP contribution in [0.1, 0.15) is 30.7 Å². The highest BCUT2D eigenvalue weighted by molar-refractivity contribution is 5.38. The number of hydrogen-bond acceptors (Lipinski definition) is 6.